The third-order valence-corrected chi connectivity index (χ3v) is 5.32. The fourth-order valence-electron chi connectivity index (χ4n) is 3.75. The minimum Gasteiger partial charge on any atom is -0.486 e. The van der Waals surface area contributed by atoms with Gasteiger partial charge in [-0.05, 0) is 19.1 Å². The Morgan fingerprint density at radius 3 is 2.11 bits per heavy atom. The van der Waals surface area contributed by atoms with Crippen LogP contribution in [0.5, 0.6) is 5.75 Å². The third kappa shape index (κ3) is 10.5. The van der Waals surface area contributed by atoms with Crippen LogP contribution in [0, 0.1) is 6.92 Å². The van der Waals surface area contributed by atoms with Gasteiger partial charge in [0.2, 0.25) is 0 Å². The fourth-order valence-corrected chi connectivity index (χ4v) is 3.75. The molecule has 16 heteroatoms. The van der Waals surface area contributed by atoms with E-state index in [1.165, 1.54) is 6.33 Å². The summed E-state index contributed by atoms with van der Waals surface area (Å²) in [6.45, 7) is 7.25. The number of nitrogens with zero attached hydrogens (tertiary/aromatic N) is 5. The summed E-state index contributed by atoms with van der Waals surface area (Å²) >= 11 is 0. The fraction of sp³-hybridized carbons (Fsp3) is 0.500. The Morgan fingerprint density at radius 2 is 1.58 bits per heavy atom. The molecule has 0 aromatic carbocycles. The molecule has 0 unspecified atom stereocenters. The Hall–Kier alpha value is -3.53. The third-order valence-electron chi connectivity index (χ3n) is 5.32. The predicted octanol–water partition coefficient (Wildman–Crippen LogP) is 2.78. The first-order valence-electron chi connectivity index (χ1n) is 11.1. The minimum atomic E-state index is -5.08. The van der Waals surface area contributed by atoms with Crippen molar-refractivity contribution in [3.63, 3.8) is 0 Å². The number of pyridine rings is 1. The highest BCUT2D eigenvalue weighted by atomic mass is 19.4. The summed E-state index contributed by atoms with van der Waals surface area (Å²) in [6.07, 6.45) is -3.87. The summed E-state index contributed by atoms with van der Waals surface area (Å²) in [4.78, 5) is 35.5. The van der Waals surface area contributed by atoms with Gasteiger partial charge in [0.15, 0.2) is 5.75 Å². The van der Waals surface area contributed by atoms with Gasteiger partial charge in [-0.2, -0.15) is 26.3 Å². The lowest BCUT2D eigenvalue weighted by Crippen LogP contribution is -2.49. The number of aliphatic carboxylic acids is 2. The van der Waals surface area contributed by atoms with Gasteiger partial charge in [-0.1, -0.05) is 6.07 Å². The molecule has 4 heterocycles. The molecule has 10 nitrogen and oxygen atoms in total. The highest BCUT2D eigenvalue weighted by Crippen LogP contribution is 2.26. The second-order valence-electron chi connectivity index (χ2n) is 8.31. The van der Waals surface area contributed by atoms with Gasteiger partial charge < -0.3 is 14.9 Å². The molecule has 2 atom stereocenters. The number of ether oxygens (including phenoxy) is 1. The molecule has 2 aromatic heterocycles. The maximum absolute atomic E-state index is 10.6. The van der Waals surface area contributed by atoms with Crippen LogP contribution in [0.15, 0.2) is 36.9 Å². The molecule has 2 fully saturated rings. The second kappa shape index (κ2) is 13.3. The topological polar surface area (TPSA) is 129 Å². The first-order chi connectivity index (χ1) is 17.6. The molecule has 2 aromatic rings. The summed E-state index contributed by atoms with van der Waals surface area (Å²) in [5.74, 6) is -4.75. The molecule has 0 amide bonds. The van der Waals surface area contributed by atoms with Crippen LogP contribution in [0.1, 0.15) is 17.8 Å². The highest BCUT2D eigenvalue weighted by Gasteiger charge is 2.39. The number of rotatable bonds is 4. The summed E-state index contributed by atoms with van der Waals surface area (Å²) in [6, 6.07) is 6.83. The SMILES string of the molecule is Cc1cccc(CN2CCN3C[C@H](Oc4cncnc4)C[C@H]3C2)n1.O=C(O)C(F)(F)F.O=C(O)C(F)(F)F. The summed E-state index contributed by atoms with van der Waals surface area (Å²) in [5, 5.41) is 14.2. The van der Waals surface area contributed by atoms with Crippen LogP contribution in [0.3, 0.4) is 0 Å². The number of aryl methyl sites for hydroxylation is 1. The van der Waals surface area contributed by atoms with Crippen LogP contribution in [0.25, 0.3) is 0 Å². The van der Waals surface area contributed by atoms with Crippen molar-refractivity contribution in [2.75, 3.05) is 26.2 Å². The van der Waals surface area contributed by atoms with Gasteiger partial charge in [0, 0.05) is 50.9 Å². The summed E-state index contributed by atoms with van der Waals surface area (Å²) in [5.41, 5.74) is 2.25. The zero-order valence-electron chi connectivity index (χ0n) is 20.0. The van der Waals surface area contributed by atoms with Crippen molar-refractivity contribution in [1.82, 2.24) is 24.8 Å². The molecule has 210 valence electrons. The molecule has 0 bridgehead atoms. The second-order valence-corrected chi connectivity index (χ2v) is 8.31. The van der Waals surface area contributed by atoms with Gasteiger partial charge in [0.1, 0.15) is 12.4 Å². The van der Waals surface area contributed by atoms with E-state index in [1.54, 1.807) is 12.4 Å². The van der Waals surface area contributed by atoms with Crippen molar-refractivity contribution in [1.29, 1.82) is 0 Å². The van der Waals surface area contributed by atoms with Crippen LogP contribution in [-0.2, 0) is 16.1 Å². The molecule has 0 spiro atoms. The van der Waals surface area contributed by atoms with Crippen LogP contribution in [0.2, 0.25) is 0 Å². The van der Waals surface area contributed by atoms with E-state index in [-0.39, 0.29) is 6.10 Å². The first-order valence-corrected chi connectivity index (χ1v) is 11.1. The van der Waals surface area contributed by atoms with Gasteiger partial charge in [-0.25, -0.2) is 19.6 Å². The van der Waals surface area contributed by atoms with Crippen molar-refractivity contribution >= 4 is 11.9 Å². The Kier molecular flexibility index (Phi) is 10.8. The molecule has 2 N–H and O–H groups in total. The van der Waals surface area contributed by atoms with Crippen LogP contribution in [-0.4, -0.2) is 97.6 Å². The van der Waals surface area contributed by atoms with E-state index >= 15 is 0 Å². The lowest BCUT2D eigenvalue weighted by Gasteiger charge is -2.36. The van der Waals surface area contributed by atoms with Gasteiger partial charge in [-0.3, -0.25) is 14.8 Å². The molecule has 0 aliphatic carbocycles. The molecule has 2 saturated heterocycles. The zero-order valence-corrected chi connectivity index (χ0v) is 20.0. The standard InChI is InChI=1S/C18H23N5O.2C2HF3O2/c1-14-3-2-4-15(21-14)10-22-5-6-23-12-17(7-16(23)11-22)24-18-8-19-13-20-9-18;2*3-2(4,5)1(6)7/h2-4,8-9,13,16-17H,5-7,10-12H2,1H3;2*(H,6,7)/t16-,17+;;/m0../s1. The van der Waals surface area contributed by atoms with Gasteiger partial charge >= 0.3 is 24.3 Å². The zero-order chi connectivity index (χ0) is 28.5. The molecule has 4 rings (SSSR count). The van der Waals surface area contributed by atoms with E-state index in [2.05, 4.69) is 36.9 Å². The van der Waals surface area contributed by atoms with E-state index in [1.807, 2.05) is 13.0 Å². The van der Waals surface area contributed by atoms with Crippen molar-refractivity contribution < 1.29 is 50.9 Å². The number of piperazine rings is 1. The largest absolute Gasteiger partial charge is 0.490 e. The maximum Gasteiger partial charge on any atom is 0.490 e. The number of halogens is 6. The van der Waals surface area contributed by atoms with Crippen molar-refractivity contribution in [3.8, 4) is 5.75 Å². The molecular weight excluding hydrogens is 528 g/mol. The van der Waals surface area contributed by atoms with Crippen molar-refractivity contribution in [2.45, 2.75) is 44.4 Å². The average molecular weight is 553 g/mol. The molecule has 38 heavy (non-hydrogen) atoms. The molecule has 2 aliphatic heterocycles. The van der Waals surface area contributed by atoms with Gasteiger partial charge in [-0.15, -0.1) is 0 Å². The van der Waals surface area contributed by atoms with E-state index in [4.69, 9.17) is 24.5 Å². The lowest BCUT2D eigenvalue weighted by atomic mass is 10.1. The average Bonchev–Trinajstić information content (AvgIpc) is 3.21. The summed E-state index contributed by atoms with van der Waals surface area (Å²) in [7, 11) is 0. The van der Waals surface area contributed by atoms with Crippen LogP contribution < -0.4 is 4.74 Å². The van der Waals surface area contributed by atoms with Gasteiger partial charge in [0.05, 0.1) is 18.1 Å². The Labute approximate surface area is 212 Å². The van der Waals surface area contributed by atoms with Crippen molar-refractivity contribution in [2.24, 2.45) is 0 Å². The number of fused-ring (bicyclic) bond motifs is 1. The van der Waals surface area contributed by atoms with Crippen LogP contribution in [0.4, 0.5) is 26.3 Å². The van der Waals surface area contributed by atoms with Crippen molar-refractivity contribution in [3.05, 3.63) is 48.3 Å². The number of carboxylic acids is 2. The highest BCUT2D eigenvalue weighted by molar-refractivity contribution is 5.73. The molecule has 2 aliphatic rings. The van der Waals surface area contributed by atoms with Gasteiger partial charge in [0.25, 0.3) is 0 Å². The van der Waals surface area contributed by atoms with Crippen LogP contribution >= 0.6 is 0 Å². The Bertz CT molecular complexity index is 1030. The lowest BCUT2D eigenvalue weighted by molar-refractivity contribution is -0.193. The maximum atomic E-state index is 10.6. The first kappa shape index (κ1) is 30.7. The monoisotopic (exact) mass is 553 g/mol. The predicted molar refractivity (Wildman–Crippen MR) is 118 cm³/mol. The Morgan fingerprint density at radius 1 is 1.00 bits per heavy atom. The van der Waals surface area contributed by atoms with E-state index < -0.39 is 24.3 Å². The van der Waals surface area contributed by atoms with E-state index in [0.717, 1.165) is 56.3 Å². The quantitative estimate of drug-likeness (QED) is 0.546. The number of aromatic nitrogens is 3. The normalized spacial score (nSPS) is 19.8. The Balaban J connectivity index is 0.000000301. The van der Waals surface area contributed by atoms with E-state index in [0.29, 0.717) is 6.04 Å². The van der Waals surface area contributed by atoms with E-state index in [9.17, 15) is 26.3 Å². The smallest absolute Gasteiger partial charge is 0.486 e. The number of carboxylic acid groups (broad SMARTS) is 2. The summed E-state index contributed by atoms with van der Waals surface area (Å²) < 4.78 is 69.5. The molecule has 0 radical (unpaired) electrons. The number of hydrogen-bond acceptors (Lipinski definition) is 8. The molecule has 0 saturated carbocycles. The number of carbonyl (C=O) groups is 2. The number of hydrogen-bond donors (Lipinski definition) is 2. The number of alkyl halides is 6. The molecular formula is C22H25F6N5O5. The minimum absolute atomic E-state index is 0.234.